The third-order valence-electron chi connectivity index (χ3n) is 2.91. The zero-order chi connectivity index (χ0) is 12.4. The largest absolute Gasteiger partial charge is 0.351 e. The van der Waals surface area contributed by atoms with E-state index >= 15 is 0 Å². The molecule has 2 rings (SSSR count). The molecular weight excluding hydrogens is 259 g/mol. The molecule has 2 N–H and O–H groups in total. The second kappa shape index (κ2) is 5.15. The summed E-state index contributed by atoms with van der Waals surface area (Å²) in [6.07, 6.45) is 3.91. The minimum absolute atomic E-state index is 0.0599. The van der Waals surface area contributed by atoms with Crippen LogP contribution in [0.3, 0.4) is 0 Å². The highest BCUT2D eigenvalue weighted by Gasteiger charge is 2.27. The Morgan fingerprint density at radius 3 is 2.82 bits per heavy atom. The molecule has 1 atom stereocenters. The van der Waals surface area contributed by atoms with Crippen LogP contribution in [-0.4, -0.2) is 23.5 Å². The quantitative estimate of drug-likeness (QED) is 0.883. The molecule has 0 aliphatic carbocycles. The first kappa shape index (κ1) is 12.5. The van der Waals surface area contributed by atoms with Crippen LogP contribution in [0.15, 0.2) is 18.2 Å². The topological polar surface area (TPSA) is 46.3 Å². The van der Waals surface area contributed by atoms with Crippen molar-refractivity contribution < 1.29 is 4.79 Å². The number of rotatable bonds is 2. The summed E-state index contributed by atoms with van der Waals surface area (Å²) in [6, 6.07) is 5.11. The fourth-order valence-electron chi connectivity index (χ4n) is 2.08. The second-order valence-corrected chi connectivity index (χ2v) is 4.90. The van der Waals surface area contributed by atoms with Crippen LogP contribution in [0.25, 0.3) is 0 Å². The van der Waals surface area contributed by atoms with Gasteiger partial charge in [-0.1, -0.05) is 29.3 Å². The summed E-state index contributed by atoms with van der Waals surface area (Å²) >= 11 is 11.8. The van der Waals surface area contributed by atoms with Crippen molar-refractivity contribution in [2.75, 3.05) is 6.54 Å². The number of nitrogens with two attached hydrogens (primary N) is 1. The molecule has 1 aliphatic rings. The van der Waals surface area contributed by atoms with Gasteiger partial charge in [-0.15, -0.1) is 0 Å². The number of carbonyl (C=O) groups excluding carboxylic acids is 1. The highest BCUT2D eigenvalue weighted by molar-refractivity contribution is 6.42. The summed E-state index contributed by atoms with van der Waals surface area (Å²) in [5.41, 5.74) is 6.27. The van der Waals surface area contributed by atoms with Gasteiger partial charge < -0.3 is 10.6 Å². The van der Waals surface area contributed by atoms with Crippen LogP contribution >= 0.6 is 23.2 Å². The Labute approximate surface area is 110 Å². The first-order chi connectivity index (χ1) is 8.08. The number of amides is 2. The Morgan fingerprint density at radius 1 is 1.41 bits per heavy atom. The van der Waals surface area contributed by atoms with Crippen LogP contribution in [-0.2, 0) is 0 Å². The van der Waals surface area contributed by atoms with E-state index in [0.717, 1.165) is 24.9 Å². The van der Waals surface area contributed by atoms with Gasteiger partial charge in [-0.3, -0.25) is 0 Å². The van der Waals surface area contributed by atoms with Crippen molar-refractivity contribution in [3.05, 3.63) is 40.2 Å². The van der Waals surface area contributed by atoms with Crippen molar-refractivity contribution in [1.82, 2.24) is 4.90 Å². The van der Waals surface area contributed by atoms with E-state index in [1.807, 2.05) is 12.5 Å². The van der Waals surface area contributed by atoms with Crippen LogP contribution < -0.4 is 5.73 Å². The molecule has 91 valence electrons. The lowest BCUT2D eigenvalue weighted by Crippen LogP contribution is -2.39. The highest BCUT2D eigenvalue weighted by atomic mass is 35.5. The summed E-state index contributed by atoms with van der Waals surface area (Å²) in [5.74, 6) is 0. The Balaban J connectivity index is 2.09. The molecule has 1 saturated heterocycles. The van der Waals surface area contributed by atoms with E-state index in [2.05, 4.69) is 0 Å². The molecule has 3 nitrogen and oxygen atoms in total. The third-order valence-corrected chi connectivity index (χ3v) is 3.65. The Bertz CT molecular complexity index is 437. The maximum absolute atomic E-state index is 11.2. The molecule has 5 heteroatoms. The van der Waals surface area contributed by atoms with Crippen molar-refractivity contribution >= 4 is 29.2 Å². The van der Waals surface area contributed by atoms with Crippen molar-refractivity contribution in [3.8, 4) is 0 Å². The lowest BCUT2D eigenvalue weighted by atomic mass is 10.0. The number of benzene rings is 1. The van der Waals surface area contributed by atoms with Crippen LogP contribution in [0.2, 0.25) is 10.0 Å². The average molecular weight is 272 g/mol. The van der Waals surface area contributed by atoms with Crippen molar-refractivity contribution in [1.29, 1.82) is 0 Å². The normalized spacial score (nSPS) is 19.6. The molecule has 1 radical (unpaired) electrons. The zero-order valence-corrected chi connectivity index (χ0v) is 10.7. The Hall–Kier alpha value is -0.930. The van der Waals surface area contributed by atoms with Gasteiger partial charge in [0.1, 0.15) is 0 Å². The van der Waals surface area contributed by atoms with Gasteiger partial charge in [0.25, 0.3) is 0 Å². The molecule has 17 heavy (non-hydrogen) atoms. The minimum atomic E-state index is -0.371. The molecule has 0 aromatic heterocycles. The molecule has 0 spiro atoms. The first-order valence-corrected chi connectivity index (χ1v) is 6.19. The fourth-order valence-corrected chi connectivity index (χ4v) is 2.38. The first-order valence-electron chi connectivity index (χ1n) is 5.44. The van der Waals surface area contributed by atoms with Gasteiger partial charge in [0.15, 0.2) is 0 Å². The molecule has 1 aromatic carbocycles. The van der Waals surface area contributed by atoms with E-state index < -0.39 is 0 Å². The molecule has 0 bridgehead atoms. The number of primary amides is 1. The van der Waals surface area contributed by atoms with Crippen LogP contribution in [0, 0.1) is 6.42 Å². The summed E-state index contributed by atoms with van der Waals surface area (Å²) in [7, 11) is 0. The van der Waals surface area contributed by atoms with Crippen molar-refractivity contribution in [3.63, 3.8) is 0 Å². The molecule has 1 heterocycles. The third kappa shape index (κ3) is 2.85. The molecule has 1 aliphatic heterocycles. The monoisotopic (exact) mass is 271 g/mol. The van der Waals surface area contributed by atoms with E-state index in [1.54, 1.807) is 17.0 Å². The second-order valence-electron chi connectivity index (χ2n) is 4.08. The van der Waals surface area contributed by atoms with Gasteiger partial charge in [0.05, 0.1) is 10.0 Å². The summed E-state index contributed by atoms with van der Waals surface area (Å²) < 4.78 is 0. The molecule has 0 saturated carbocycles. The Morgan fingerprint density at radius 2 is 2.18 bits per heavy atom. The number of carbonyl (C=O) groups is 1. The Kier molecular flexibility index (Phi) is 3.79. The SMILES string of the molecule is NC(=O)N1CCC[C@H]1[CH]c1ccc(Cl)c(Cl)c1. The van der Waals surface area contributed by atoms with Crippen LogP contribution in [0.1, 0.15) is 18.4 Å². The van der Waals surface area contributed by atoms with Crippen molar-refractivity contribution in [2.45, 2.75) is 18.9 Å². The average Bonchev–Trinajstić information content (AvgIpc) is 2.72. The smallest absolute Gasteiger partial charge is 0.315 e. The predicted octanol–water partition coefficient (Wildman–Crippen LogP) is 3.09. The number of likely N-dealkylation sites (tertiary alicyclic amines) is 1. The van der Waals surface area contributed by atoms with Crippen LogP contribution in [0.4, 0.5) is 4.79 Å². The number of urea groups is 1. The van der Waals surface area contributed by atoms with Crippen molar-refractivity contribution in [2.24, 2.45) is 5.73 Å². The summed E-state index contributed by atoms with van der Waals surface area (Å²) in [6.45, 7) is 0.720. The van der Waals surface area contributed by atoms with E-state index in [-0.39, 0.29) is 12.1 Å². The number of nitrogens with zero attached hydrogens (tertiary/aromatic N) is 1. The number of hydrogen-bond donors (Lipinski definition) is 1. The van der Waals surface area contributed by atoms with E-state index in [1.165, 1.54) is 0 Å². The van der Waals surface area contributed by atoms with Gasteiger partial charge in [-0.05, 0) is 30.5 Å². The number of hydrogen-bond acceptors (Lipinski definition) is 1. The van der Waals surface area contributed by atoms with Gasteiger partial charge in [-0.2, -0.15) is 0 Å². The van der Waals surface area contributed by atoms with E-state index in [0.29, 0.717) is 10.0 Å². The molecule has 1 fully saturated rings. The summed E-state index contributed by atoms with van der Waals surface area (Å²) in [5, 5.41) is 1.05. The van der Waals surface area contributed by atoms with E-state index in [9.17, 15) is 4.79 Å². The van der Waals surface area contributed by atoms with Gasteiger partial charge in [0, 0.05) is 19.0 Å². The van der Waals surface area contributed by atoms with E-state index in [4.69, 9.17) is 28.9 Å². The summed E-state index contributed by atoms with van der Waals surface area (Å²) in [4.78, 5) is 12.9. The maximum atomic E-state index is 11.2. The number of halogens is 2. The molecular formula is C12H13Cl2N2O. The standard InChI is InChI=1S/C12H13Cl2N2O/c13-10-4-3-8(7-11(10)14)6-9-2-1-5-16(9)12(15)17/h3-4,6-7,9H,1-2,5H2,(H2,15,17)/t9-/m0/s1. The lowest BCUT2D eigenvalue weighted by molar-refractivity contribution is 0.208. The predicted molar refractivity (Wildman–Crippen MR) is 69.2 cm³/mol. The minimum Gasteiger partial charge on any atom is -0.351 e. The van der Waals surface area contributed by atoms with Gasteiger partial charge >= 0.3 is 6.03 Å². The van der Waals surface area contributed by atoms with Gasteiger partial charge in [0.2, 0.25) is 0 Å². The zero-order valence-electron chi connectivity index (χ0n) is 9.20. The molecule has 2 amide bonds. The highest BCUT2D eigenvalue weighted by Crippen LogP contribution is 2.27. The molecule has 1 aromatic rings. The lowest BCUT2D eigenvalue weighted by Gasteiger charge is -2.22. The molecule has 0 unspecified atom stereocenters. The fraction of sp³-hybridized carbons (Fsp3) is 0.333. The van der Waals surface area contributed by atoms with Crippen LogP contribution in [0.5, 0.6) is 0 Å². The maximum Gasteiger partial charge on any atom is 0.315 e. The van der Waals surface area contributed by atoms with Gasteiger partial charge in [-0.25, -0.2) is 4.79 Å².